The van der Waals surface area contributed by atoms with Gasteiger partial charge in [0.05, 0.1) is 15.0 Å². The molecule has 0 bridgehead atoms. The lowest BCUT2D eigenvalue weighted by Gasteiger charge is -2.11. The van der Waals surface area contributed by atoms with E-state index < -0.39 is 10.8 Å². The number of carbonyl (C=O) groups is 1. The van der Waals surface area contributed by atoms with Crippen molar-refractivity contribution in [1.82, 2.24) is 0 Å². The molecule has 3 rings (SSSR count). The summed E-state index contributed by atoms with van der Waals surface area (Å²) in [6.45, 7) is 0.0884. The fourth-order valence-electron chi connectivity index (χ4n) is 2.75. The van der Waals surface area contributed by atoms with Crippen LogP contribution in [0, 0.1) is 21.4 Å². The zero-order valence-corrected chi connectivity index (χ0v) is 19.8. The minimum atomic E-state index is -0.582. The molecule has 33 heavy (non-hydrogen) atoms. The van der Waals surface area contributed by atoms with Crippen LogP contribution in [0.5, 0.6) is 5.75 Å². The van der Waals surface area contributed by atoms with Gasteiger partial charge in [-0.25, -0.2) is 0 Å². The van der Waals surface area contributed by atoms with Crippen molar-refractivity contribution in [3.63, 3.8) is 0 Å². The number of benzene rings is 3. The SMILES string of the molecule is N#C/C(=C/c1cc(Cl)c(OCc2ccc([N+](=O)[O-])cc2)c(Cl)c1)C(=O)Nc1cccc(Br)c1. The Hall–Kier alpha value is -3.38. The Morgan fingerprint density at radius 3 is 2.39 bits per heavy atom. The molecule has 0 unspecified atom stereocenters. The molecule has 0 heterocycles. The minimum Gasteiger partial charge on any atom is -0.486 e. The van der Waals surface area contributed by atoms with Gasteiger partial charge < -0.3 is 10.1 Å². The lowest BCUT2D eigenvalue weighted by molar-refractivity contribution is -0.384. The highest BCUT2D eigenvalue weighted by Crippen LogP contribution is 2.35. The number of anilines is 1. The molecule has 0 saturated carbocycles. The third-order valence-electron chi connectivity index (χ3n) is 4.31. The average molecular weight is 547 g/mol. The second kappa shape index (κ2) is 11.0. The number of rotatable bonds is 7. The molecule has 0 radical (unpaired) electrons. The molecule has 0 aromatic heterocycles. The lowest BCUT2D eigenvalue weighted by atomic mass is 10.1. The van der Waals surface area contributed by atoms with Crippen molar-refractivity contribution in [1.29, 1.82) is 5.26 Å². The summed E-state index contributed by atoms with van der Waals surface area (Å²) in [7, 11) is 0. The molecule has 0 aliphatic heterocycles. The molecular weight excluding hydrogens is 533 g/mol. The van der Waals surface area contributed by atoms with Crippen molar-refractivity contribution < 1.29 is 14.5 Å². The van der Waals surface area contributed by atoms with E-state index in [-0.39, 0.29) is 33.7 Å². The van der Waals surface area contributed by atoms with E-state index >= 15 is 0 Å². The van der Waals surface area contributed by atoms with Gasteiger partial charge in [0.2, 0.25) is 0 Å². The van der Waals surface area contributed by atoms with Crippen molar-refractivity contribution in [2.75, 3.05) is 5.32 Å². The Morgan fingerprint density at radius 1 is 1.15 bits per heavy atom. The summed E-state index contributed by atoms with van der Waals surface area (Å²) in [5.74, 6) is -0.368. The molecule has 0 saturated heterocycles. The van der Waals surface area contributed by atoms with Gasteiger partial charge in [-0.2, -0.15) is 5.26 Å². The summed E-state index contributed by atoms with van der Waals surface area (Å²) >= 11 is 15.9. The second-order valence-electron chi connectivity index (χ2n) is 6.66. The highest BCUT2D eigenvalue weighted by atomic mass is 79.9. The molecule has 0 fully saturated rings. The summed E-state index contributed by atoms with van der Waals surface area (Å²) in [6, 6.07) is 17.8. The summed E-state index contributed by atoms with van der Waals surface area (Å²) in [5, 5.41) is 23.2. The number of non-ortho nitro benzene ring substituents is 1. The Balaban J connectivity index is 1.75. The van der Waals surface area contributed by atoms with Crippen molar-refractivity contribution in [3.8, 4) is 11.8 Å². The van der Waals surface area contributed by atoms with E-state index in [4.69, 9.17) is 27.9 Å². The zero-order chi connectivity index (χ0) is 24.0. The lowest BCUT2D eigenvalue weighted by Crippen LogP contribution is -2.13. The zero-order valence-electron chi connectivity index (χ0n) is 16.7. The number of amides is 1. The predicted molar refractivity (Wildman–Crippen MR) is 130 cm³/mol. The van der Waals surface area contributed by atoms with Crippen LogP contribution in [0.4, 0.5) is 11.4 Å². The van der Waals surface area contributed by atoms with Gasteiger partial charge in [-0.1, -0.05) is 45.2 Å². The maximum Gasteiger partial charge on any atom is 0.269 e. The number of carbonyl (C=O) groups excluding carboxylic acids is 1. The van der Waals surface area contributed by atoms with Crippen LogP contribution in [0.2, 0.25) is 10.0 Å². The number of hydrogen-bond donors (Lipinski definition) is 1. The number of nitro groups is 1. The Morgan fingerprint density at radius 2 is 1.82 bits per heavy atom. The van der Waals surface area contributed by atoms with Crippen LogP contribution in [0.1, 0.15) is 11.1 Å². The van der Waals surface area contributed by atoms with Crippen molar-refractivity contribution in [2.45, 2.75) is 6.61 Å². The second-order valence-corrected chi connectivity index (χ2v) is 8.39. The summed E-state index contributed by atoms with van der Waals surface area (Å²) in [6.07, 6.45) is 1.37. The molecule has 0 atom stereocenters. The molecule has 1 N–H and O–H groups in total. The highest BCUT2D eigenvalue weighted by Gasteiger charge is 2.14. The average Bonchev–Trinajstić information content (AvgIpc) is 2.77. The van der Waals surface area contributed by atoms with Crippen LogP contribution in [0.15, 0.2) is 70.7 Å². The van der Waals surface area contributed by atoms with E-state index in [1.807, 2.05) is 12.1 Å². The molecular formula is C23H14BrCl2N3O4. The normalized spacial score (nSPS) is 10.9. The molecule has 0 aliphatic carbocycles. The monoisotopic (exact) mass is 545 g/mol. The summed E-state index contributed by atoms with van der Waals surface area (Å²) in [4.78, 5) is 22.7. The van der Waals surface area contributed by atoms with Gasteiger partial charge in [0.15, 0.2) is 5.75 Å². The number of ether oxygens (including phenoxy) is 1. The number of nitriles is 1. The molecule has 7 nitrogen and oxygen atoms in total. The van der Waals surface area contributed by atoms with Crippen LogP contribution in [-0.4, -0.2) is 10.8 Å². The van der Waals surface area contributed by atoms with Crippen LogP contribution < -0.4 is 10.1 Å². The molecule has 1 amide bonds. The standard InChI is InChI=1S/C23H14BrCl2N3O4/c24-17-2-1-3-18(11-17)28-23(30)16(12-27)8-15-9-20(25)22(21(26)10-15)33-13-14-4-6-19(7-5-14)29(31)32/h1-11H,13H2,(H,28,30)/b16-8-. The Bertz CT molecular complexity index is 1260. The number of nitrogens with zero attached hydrogens (tertiary/aromatic N) is 2. The van der Waals surface area contributed by atoms with Gasteiger partial charge in [0.1, 0.15) is 18.2 Å². The first-order valence-corrected chi connectivity index (χ1v) is 10.9. The first-order chi connectivity index (χ1) is 15.8. The van der Waals surface area contributed by atoms with Crippen LogP contribution >= 0.6 is 39.1 Å². The van der Waals surface area contributed by atoms with Crippen LogP contribution in [0.3, 0.4) is 0 Å². The van der Waals surface area contributed by atoms with Gasteiger partial charge in [-0.05, 0) is 59.7 Å². The van der Waals surface area contributed by atoms with Crippen molar-refractivity contribution in [2.24, 2.45) is 0 Å². The van der Waals surface area contributed by atoms with Crippen molar-refractivity contribution in [3.05, 3.63) is 102 Å². The van der Waals surface area contributed by atoms with E-state index in [0.29, 0.717) is 16.8 Å². The van der Waals surface area contributed by atoms with E-state index in [1.165, 1.54) is 30.3 Å². The molecule has 10 heteroatoms. The molecule has 3 aromatic carbocycles. The van der Waals surface area contributed by atoms with Gasteiger partial charge >= 0.3 is 0 Å². The van der Waals surface area contributed by atoms with Gasteiger partial charge in [0, 0.05) is 22.3 Å². The summed E-state index contributed by atoms with van der Waals surface area (Å²) < 4.78 is 6.46. The van der Waals surface area contributed by atoms with E-state index in [0.717, 1.165) is 4.47 Å². The molecule has 166 valence electrons. The highest BCUT2D eigenvalue weighted by molar-refractivity contribution is 9.10. The number of hydrogen-bond acceptors (Lipinski definition) is 5. The smallest absolute Gasteiger partial charge is 0.269 e. The van der Waals surface area contributed by atoms with Crippen molar-refractivity contribution >= 4 is 62.5 Å². The van der Waals surface area contributed by atoms with E-state index in [9.17, 15) is 20.2 Å². The third kappa shape index (κ3) is 6.56. The van der Waals surface area contributed by atoms with Crippen LogP contribution in [0.25, 0.3) is 6.08 Å². The van der Waals surface area contributed by atoms with Gasteiger partial charge in [-0.15, -0.1) is 0 Å². The number of nitrogens with one attached hydrogen (secondary N) is 1. The topological polar surface area (TPSA) is 105 Å². The van der Waals surface area contributed by atoms with E-state index in [1.54, 1.807) is 30.3 Å². The van der Waals surface area contributed by atoms with Gasteiger partial charge in [-0.3, -0.25) is 14.9 Å². The van der Waals surface area contributed by atoms with Gasteiger partial charge in [0.25, 0.3) is 11.6 Å². The first-order valence-electron chi connectivity index (χ1n) is 9.30. The Labute approximate surface area is 207 Å². The third-order valence-corrected chi connectivity index (χ3v) is 5.36. The number of halogens is 3. The Kier molecular flexibility index (Phi) is 8.06. The van der Waals surface area contributed by atoms with E-state index in [2.05, 4.69) is 21.2 Å². The van der Waals surface area contributed by atoms with Crippen LogP contribution in [-0.2, 0) is 11.4 Å². The minimum absolute atomic E-state index is 0.0248. The maximum atomic E-state index is 12.5. The quantitative estimate of drug-likeness (QED) is 0.152. The predicted octanol–water partition coefficient (Wildman–Crippen LogP) is 6.79. The maximum absolute atomic E-state index is 12.5. The fourth-order valence-corrected chi connectivity index (χ4v) is 3.76. The largest absolute Gasteiger partial charge is 0.486 e. The summed E-state index contributed by atoms with van der Waals surface area (Å²) in [5.41, 5.74) is 1.49. The molecule has 3 aromatic rings. The fraction of sp³-hybridized carbons (Fsp3) is 0.0435. The number of nitro benzene ring substituents is 1. The molecule has 0 aliphatic rings. The molecule has 0 spiro atoms. The first kappa shape index (κ1) is 24.3.